The van der Waals surface area contributed by atoms with Crippen LogP contribution >= 0.6 is 0 Å². The Bertz CT molecular complexity index is 864. The van der Waals surface area contributed by atoms with E-state index in [4.69, 9.17) is 15.2 Å². The molecule has 0 saturated carbocycles. The van der Waals surface area contributed by atoms with Gasteiger partial charge >= 0.3 is 12.1 Å². The van der Waals surface area contributed by atoms with Crippen LogP contribution < -0.4 is 10.6 Å². The molecule has 7 heteroatoms. The molecule has 2 atom stereocenters. The molecule has 0 spiro atoms. The smallest absolute Gasteiger partial charge is 0.410 e. The number of cyclic esters (lactones) is 1. The lowest BCUT2D eigenvalue weighted by atomic mass is 9.88. The third-order valence-electron chi connectivity index (χ3n) is 5.83. The Kier molecular flexibility index (Phi) is 6.18. The van der Waals surface area contributed by atoms with Gasteiger partial charge in [-0.25, -0.2) is 4.79 Å². The summed E-state index contributed by atoms with van der Waals surface area (Å²) in [6, 6.07) is 17.7. The molecule has 158 valence electrons. The number of piperazine rings is 1. The number of anilines is 1. The van der Waals surface area contributed by atoms with Gasteiger partial charge in [-0.1, -0.05) is 42.5 Å². The van der Waals surface area contributed by atoms with E-state index in [0.717, 1.165) is 29.9 Å². The second-order valence-corrected chi connectivity index (χ2v) is 7.71. The summed E-state index contributed by atoms with van der Waals surface area (Å²) in [5.41, 5.74) is 8.78. The summed E-state index contributed by atoms with van der Waals surface area (Å²) in [5, 5.41) is 0. The largest absolute Gasteiger partial charge is 0.465 e. The van der Waals surface area contributed by atoms with Crippen LogP contribution in [0.1, 0.15) is 17.0 Å². The van der Waals surface area contributed by atoms with E-state index in [1.54, 1.807) is 4.90 Å². The maximum absolute atomic E-state index is 12.3. The average Bonchev–Trinajstić information content (AvgIpc) is 3.19. The van der Waals surface area contributed by atoms with E-state index in [-0.39, 0.29) is 30.5 Å². The number of nitrogens with two attached hydrogens (primary N) is 1. The number of benzene rings is 2. The van der Waals surface area contributed by atoms with Crippen LogP contribution in [0.25, 0.3) is 0 Å². The van der Waals surface area contributed by atoms with Gasteiger partial charge in [0.1, 0.15) is 6.61 Å². The first kappa shape index (κ1) is 20.2. The first-order chi connectivity index (χ1) is 14.7. The maximum Gasteiger partial charge on any atom is 0.410 e. The van der Waals surface area contributed by atoms with E-state index < -0.39 is 0 Å². The van der Waals surface area contributed by atoms with Crippen LogP contribution in [0.2, 0.25) is 0 Å². The first-order valence-electron chi connectivity index (χ1n) is 10.3. The topological polar surface area (TPSA) is 85.1 Å². The molecule has 2 aliphatic rings. The van der Waals surface area contributed by atoms with Gasteiger partial charge < -0.3 is 25.0 Å². The van der Waals surface area contributed by atoms with E-state index in [0.29, 0.717) is 26.2 Å². The van der Waals surface area contributed by atoms with Gasteiger partial charge in [-0.05, 0) is 29.8 Å². The molecule has 2 unspecified atom stereocenters. The normalized spacial score (nSPS) is 21.4. The van der Waals surface area contributed by atoms with Gasteiger partial charge in [-0.2, -0.15) is 0 Å². The van der Waals surface area contributed by atoms with Crippen molar-refractivity contribution < 1.29 is 19.1 Å². The van der Waals surface area contributed by atoms with Crippen molar-refractivity contribution in [1.29, 1.82) is 0 Å². The Hall–Kier alpha value is -3.06. The molecule has 2 aromatic rings. The van der Waals surface area contributed by atoms with Crippen molar-refractivity contribution in [2.45, 2.75) is 12.5 Å². The lowest BCUT2D eigenvalue weighted by Gasteiger charge is -2.35. The molecule has 7 nitrogen and oxygen atoms in total. The minimum atomic E-state index is -0.278. The minimum Gasteiger partial charge on any atom is -0.465 e. The van der Waals surface area contributed by atoms with Crippen molar-refractivity contribution in [2.75, 3.05) is 44.2 Å². The number of amides is 1. The third kappa shape index (κ3) is 4.41. The Morgan fingerprint density at radius 3 is 2.40 bits per heavy atom. The molecule has 2 aliphatic heterocycles. The number of carbonyl (C=O) groups excluding carboxylic acids is 2. The quantitative estimate of drug-likeness (QED) is 0.763. The van der Waals surface area contributed by atoms with Crippen LogP contribution in [0, 0.1) is 5.92 Å². The predicted octanol–water partition coefficient (Wildman–Crippen LogP) is 2.36. The van der Waals surface area contributed by atoms with Crippen LogP contribution in [-0.2, 0) is 20.9 Å². The van der Waals surface area contributed by atoms with Crippen LogP contribution in [0.4, 0.5) is 10.5 Å². The van der Waals surface area contributed by atoms with Gasteiger partial charge in [-0.3, -0.25) is 4.79 Å². The highest BCUT2D eigenvalue weighted by Gasteiger charge is 2.37. The van der Waals surface area contributed by atoms with Crippen molar-refractivity contribution in [3.63, 3.8) is 0 Å². The van der Waals surface area contributed by atoms with Crippen molar-refractivity contribution in [3.8, 4) is 0 Å². The lowest BCUT2D eigenvalue weighted by molar-refractivity contribution is -0.139. The standard InChI is InChI=1S/C23H27N3O4/c24-14-19-16-29-22(27)21(19)18-6-8-20(9-7-18)25-10-12-26(13-11-25)23(28)30-15-17-4-2-1-3-5-17/h1-9,19,21H,10-16,24H2. The molecular formula is C23H27N3O4. The maximum atomic E-state index is 12.3. The second kappa shape index (κ2) is 9.17. The Morgan fingerprint density at radius 1 is 1.03 bits per heavy atom. The van der Waals surface area contributed by atoms with Gasteiger partial charge in [0.15, 0.2) is 0 Å². The fourth-order valence-electron chi connectivity index (χ4n) is 4.03. The zero-order valence-corrected chi connectivity index (χ0v) is 16.9. The molecule has 4 rings (SSSR count). The number of ether oxygens (including phenoxy) is 2. The van der Waals surface area contributed by atoms with E-state index in [1.807, 2.05) is 54.6 Å². The molecule has 2 aromatic carbocycles. The summed E-state index contributed by atoms with van der Waals surface area (Å²) in [7, 11) is 0. The molecule has 0 aromatic heterocycles. The predicted molar refractivity (Wildman–Crippen MR) is 113 cm³/mol. The zero-order valence-electron chi connectivity index (χ0n) is 16.9. The highest BCUT2D eigenvalue weighted by Crippen LogP contribution is 2.32. The van der Waals surface area contributed by atoms with Crippen LogP contribution in [0.15, 0.2) is 54.6 Å². The molecule has 2 fully saturated rings. The van der Waals surface area contributed by atoms with E-state index >= 15 is 0 Å². The SMILES string of the molecule is NCC1COC(=O)C1c1ccc(N2CCN(C(=O)OCc3ccccc3)CC2)cc1. The molecule has 2 N–H and O–H groups in total. The third-order valence-corrected chi connectivity index (χ3v) is 5.83. The fraction of sp³-hybridized carbons (Fsp3) is 0.391. The Labute approximate surface area is 176 Å². The second-order valence-electron chi connectivity index (χ2n) is 7.71. The van der Waals surface area contributed by atoms with Crippen LogP contribution in [0.5, 0.6) is 0 Å². The molecular weight excluding hydrogens is 382 g/mol. The minimum absolute atomic E-state index is 0.0359. The molecule has 2 heterocycles. The molecule has 30 heavy (non-hydrogen) atoms. The van der Waals surface area contributed by atoms with E-state index in [2.05, 4.69) is 4.90 Å². The van der Waals surface area contributed by atoms with E-state index in [1.165, 1.54) is 0 Å². The zero-order chi connectivity index (χ0) is 20.9. The number of carbonyl (C=O) groups is 2. The van der Waals surface area contributed by atoms with Crippen molar-refractivity contribution in [1.82, 2.24) is 4.90 Å². The summed E-state index contributed by atoms with van der Waals surface area (Å²) in [4.78, 5) is 28.3. The summed E-state index contributed by atoms with van der Waals surface area (Å²) in [5.74, 6) is -0.435. The summed E-state index contributed by atoms with van der Waals surface area (Å²) < 4.78 is 10.6. The highest BCUT2D eigenvalue weighted by atomic mass is 16.6. The van der Waals surface area contributed by atoms with Crippen molar-refractivity contribution >= 4 is 17.7 Å². The average molecular weight is 409 g/mol. The lowest BCUT2D eigenvalue weighted by Crippen LogP contribution is -2.48. The number of esters is 1. The molecule has 1 amide bonds. The van der Waals surface area contributed by atoms with Gasteiger partial charge in [0.05, 0.1) is 12.5 Å². The fourth-order valence-corrected chi connectivity index (χ4v) is 4.03. The number of hydrogen-bond donors (Lipinski definition) is 1. The number of hydrogen-bond acceptors (Lipinski definition) is 6. The monoisotopic (exact) mass is 409 g/mol. The first-order valence-corrected chi connectivity index (χ1v) is 10.3. The molecule has 2 saturated heterocycles. The van der Waals surface area contributed by atoms with Crippen LogP contribution in [-0.4, -0.2) is 56.3 Å². The van der Waals surface area contributed by atoms with Crippen molar-refractivity contribution in [2.24, 2.45) is 11.7 Å². The molecule has 0 radical (unpaired) electrons. The summed E-state index contributed by atoms with van der Waals surface area (Å²) >= 11 is 0. The van der Waals surface area contributed by atoms with Gasteiger partial charge in [0, 0.05) is 37.8 Å². The van der Waals surface area contributed by atoms with Gasteiger partial charge in [0.2, 0.25) is 0 Å². The highest BCUT2D eigenvalue weighted by molar-refractivity contribution is 5.80. The van der Waals surface area contributed by atoms with Crippen LogP contribution in [0.3, 0.4) is 0 Å². The number of rotatable bonds is 5. The summed E-state index contributed by atoms with van der Waals surface area (Å²) in [6.07, 6.45) is -0.276. The Morgan fingerprint density at radius 2 is 1.73 bits per heavy atom. The molecule has 0 aliphatic carbocycles. The van der Waals surface area contributed by atoms with Gasteiger partial charge in [-0.15, -0.1) is 0 Å². The molecule has 0 bridgehead atoms. The van der Waals surface area contributed by atoms with E-state index in [9.17, 15) is 9.59 Å². The Balaban J connectivity index is 1.29. The summed E-state index contributed by atoms with van der Waals surface area (Å²) in [6.45, 7) is 3.80. The van der Waals surface area contributed by atoms with Crippen molar-refractivity contribution in [3.05, 3.63) is 65.7 Å². The number of nitrogens with zero attached hydrogens (tertiary/aromatic N) is 2. The van der Waals surface area contributed by atoms with Gasteiger partial charge in [0.25, 0.3) is 0 Å².